The van der Waals surface area contributed by atoms with Crippen LogP contribution in [0.2, 0.25) is 20.1 Å². The number of halogens is 4. The predicted octanol–water partition coefficient (Wildman–Crippen LogP) is 7.02. The van der Waals surface area contributed by atoms with Crippen LogP contribution in [-0.4, -0.2) is 21.4 Å². The molecule has 0 aliphatic heterocycles. The van der Waals surface area contributed by atoms with E-state index >= 15 is 0 Å². The van der Waals surface area contributed by atoms with Gasteiger partial charge < -0.3 is 9.30 Å². The first-order valence-corrected chi connectivity index (χ1v) is 11.1. The molecule has 0 amide bonds. The molecule has 28 heavy (non-hydrogen) atoms. The molecule has 3 nitrogen and oxygen atoms in total. The molecule has 0 N–H and O–H groups in total. The summed E-state index contributed by atoms with van der Waals surface area (Å²) < 4.78 is 8.00. The third kappa shape index (κ3) is 6.58. The molecule has 2 aromatic carbocycles. The zero-order chi connectivity index (χ0) is 19.9. The molecule has 1 heterocycles. The number of benzene rings is 2. The summed E-state index contributed by atoms with van der Waals surface area (Å²) in [6.07, 6.45) is 5.54. The van der Waals surface area contributed by atoms with Crippen LogP contribution in [0.25, 0.3) is 0 Å². The number of hydrogen-bond donors (Lipinski definition) is 0. The fourth-order valence-corrected chi connectivity index (χ4v) is 4.28. The zero-order valence-corrected chi connectivity index (χ0v) is 18.7. The van der Waals surface area contributed by atoms with Crippen molar-refractivity contribution in [1.29, 1.82) is 0 Å². The molecule has 1 unspecified atom stereocenters. The average Bonchev–Trinajstić information content (AvgIpc) is 3.18. The second-order valence-corrected chi connectivity index (χ2v) is 9.12. The minimum atomic E-state index is 0.242. The Kier molecular flexibility index (Phi) is 8.39. The third-order valence-corrected chi connectivity index (χ3v) is 6.73. The molecule has 0 bridgehead atoms. The molecule has 3 rings (SSSR count). The van der Waals surface area contributed by atoms with E-state index in [9.17, 15) is 0 Å². The van der Waals surface area contributed by atoms with Crippen molar-refractivity contribution in [2.24, 2.45) is 0 Å². The van der Waals surface area contributed by atoms with E-state index in [0.29, 0.717) is 33.3 Å². The van der Waals surface area contributed by atoms with E-state index in [4.69, 9.17) is 51.1 Å². The summed E-state index contributed by atoms with van der Waals surface area (Å²) in [6, 6.07) is 11.3. The predicted molar refractivity (Wildman–Crippen MR) is 120 cm³/mol. The summed E-state index contributed by atoms with van der Waals surface area (Å²) >= 11 is 26.0. The quantitative estimate of drug-likeness (QED) is 0.332. The van der Waals surface area contributed by atoms with Crippen LogP contribution in [0.15, 0.2) is 55.1 Å². The van der Waals surface area contributed by atoms with Gasteiger partial charge in [0.15, 0.2) is 0 Å². The molecule has 1 atom stereocenters. The number of hydrogen-bond acceptors (Lipinski definition) is 3. The Morgan fingerprint density at radius 1 is 0.929 bits per heavy atom. The lowest BCUT2D eigenvalue weighted by molar-refractivity contribution is 0.119. The number of thioether (sulfide) groups is 1. The smallest absolute Gasteiger partial charge is 0.0946 e. The maximum atomic E-state index is 6.12. The van der Waals surface area contributed by atoms with Crippen molar-refractivity contribution in [2.45, 2.75) is 24.2 Å². The Hall–Kier alpha value is -0.880. The monoisotopic (exact) mass is 474 g/mol. The molecule has 148 valence electrons. The topological polar surface area (TPSA) is 27.1 Å². The van der Waals surface area contributed by atoms with Crippen molar-refractivity contribution < 1.29 is 4.74 Å². The van der Waals surface area contributed by atoms with Crippen LogP contribution < -0.4 is 0 Å². The summed E-state index contributed by atoms with van der Waals surface area (Å²) in [6.45, 7) is 1.86. The highest BCUT2D eigenvalue weighted by Crippen LogP contribution is 2.27. The summed E-state index contributed by atoms with van der Waals surface area (Å²) in [5.74, 6) is 0.812. The number of aromatic nitrogens is 2. The molecule has 1 aromatic heterocycles. The number of ether oxygens (including phenoxy) is 1. The van der Waals surface area contributed by atoms with Crippen LogP contribution in [0.1, 0.15) is 11.1 Å². The maximum Gasteiger partial charge on any atom is 0.0946 e. The van der Waals surface area contributed by atoms with Crippen LogP contribution in [0.5, 0.6) is 0 Å². The third-order valence-electron chi connectivity index (χ3n) is 4.00. The number of imidazole rings is 1. The van der Waals surface area contributed by atoms with Gasteiger partial charge >= 0.3 is 0 Å². The molecule has 8 heteroatoms. The Labute approximate surface area is 188 Å². The van der Waals surface area contributed by atoms with Gasteiger partial charge in [0.25, 0.3) is 0 Å². The molecule has 0 spiro atoms. The lowest BCUT2D eigenvalue weighted by Crippen LogP contribution is -2.19. The molecule has 0 aliphatic carbocycles. The van der Waals surface area contributed by atoms with Gasteiger partial charge in [-0.2, -0.15) is 0 Å². The van der Waals surface area contributed by atoms with E-state index in [2.05, 4.69) is 9.55 Å². The van der Waals surface area contributed by atoms with E-state index in [1.807, 2.05) is 42.9 Å². The van der Waals surface area contributed by atoms with Crippen molar-refractivity contribution in [3.05, 3.63) is 86.3 Å². The molecule has 3 aromatic rings. The van der Waals surface area contributed by atoms with Crippen LogP contribution in [0.3, 0.4) is 0 Å². The van der Waals surface area contributed by atoms with Gasteiger partial charge in [0.05, 0.1) is 39.6 Å². The zero-order valence-electron chi connectivity index (χ0n) is 14.8. The van der Waals surface area contributed by atoms with Crippen LogP contribution >= 0.6 is 58.2 Å². The standard InChI is InChI=1S/C20H18Cl4N2OS/c21-17-3-1-14(7-19(17)23)10-27-11-16(9-26-6-5-25-13-26)28-12-15-2-4-18(22)20(24)8-15/h1-8,13,16H,9-12H2. The molecule has 0 saturated heterocycles. The van der Waals surface area contributed by atoms with Gasteiger partial charge in [0.1, 0.15) is 0 Å². The van der Waals surface area contributed by atoms with Gasteiger partial charge in [-0.25, -0.2) is 4.98 Å². The first-order valence-electron chi connectivity index (χ1n) is 8.54. The normalized spacial score (nSPS) is 12.3. The van der Waals surface area contributed by atoms with Crippen molar-refractivity contribution >= 4 is 58.2 Å². The van der Waals surface area contributed by atoms with Gasteiger partial charge in [0.2, 0.25) is 0 Å². The summed E-state index contributed by atoms with van der Waals surface area (Å²) in [4.78, 5) is 4.11. The number of rotatable bonds is 9. The first kappa shape index (κ1) is 21.8. The second kappa shape index (κ2) is 10.8. The SMILES string of the molecule is Clc1ccc(COCC(Cn2ccnc2)SCc2ccc(Cl)c(Cl)c2)cc1Cl. The molecule has 0 radical (unpaired) electrons. The molecule has 0 aliphatic rings. The van der Waals surface area contributed by atoms with Gasteiger partial charge in [-0.3, -0.25) is 0 Å². The molecular weight excluding hydrogens is 458 g/mol. The first-order chi connectivity index (χ1) is 13.5. The fourth-order valence-electron chi connectivity index (χ4n) is 2.56. The van der Waals surface area contributed by atoms with E-state index in [-0.39, 0.29) is 5.25 Å². The van der Waals surface area contributed by atoms with E-state index in [1.165, 1.54) is 0 Å². The lowest BCUT2D eigenvalue weighted by atomic mass is 10.2. The number of nitrogens with zero attached hydrogens (tertiary/aromatic N) is 2. The lowest BCUT2D eigenvalue weighted by Gasteiger charge is -2.18. The summed E-state index contributed by atoms with van der Waals surface area (Å²) in [7, 11) is 0. The summed E-state index contributed by atoms with van der Waals surface area (Å²) in [5.41, 5.74) is 2.12. The summed E-state index contributed by atoms with van der Waals surface area (Å²) in [5, 5.41) is 2.45. The van der Waals surface area contributed by atoms with Crippen LogP contribution in [0, 0.1) is 0 Å². The van der Waals surface area contributed by atoms with Crippen molar-refractivity contribution in [1.82, 2.24) is 9.55 Å². The van der Waals surface area contributed by atoms with E-state index in [0.717, 1.165) is 23.4 Å². The van der Waals surface area contributed by atoms with Gasteiger partial charge in [-0.1, -0.05) is 58.5 Å². The fraction of sp³-hybridized carbons (Fsp3) is 0.250. The highest BCUT2D eigenvalue weighted by molar-refractivity contribution is 7.99. The van der Waals surface area contributed by atoms with Crippen LogP contribution in [-0.2, 0) is 23.6 Å². The second-order valence-electron chi connectivity index (χ2n) is 6.20. The average molecular weight is 476 g/mol. The Bertz CT molecular complexity index is 905. The highest BCUT2D eigenvalue weighted by Gasteiger charge is 2.12. The van der Waals surface area contributed by atoms with Crippen molar-refractivity contribution in [3.8, 4) is 0 Å². The molecule has 0 fully saturated rings. The molecular formula is C20H18Cl4N2OS. The minimum absolute atomic E-state index is 0.242. The Morgan fingerprint density at radius 2 is 1.61 bits per heavy atom. The van der Waals surface area contributed by atoms with Gasteiger partial charge in [0, 0.05) is 29.9 Å². The Balaban J connectivity index is 1.57. The highest BCUT2D eigenvalue weighted by atomic mass is 35.5. The minimum Gasteiger partial charge on any atom is -0.376 e. The van der Waals surface area contributed by atoms with E-state index in [1.54, 1.807) is 24.0 Å². The van der Waals surface area contributed by atoms with Crippen molar-refractivity contribution in [2.75, 3.05) is 6.61 Å². The molecule has 0 saturated carbocycles. The maximum absolute atomic E-state index is 6.12. The van der Waals surface area contributed by atoms with Crippen molar-refractivity contribution in [3.63, 3.8) is 0 Å². The van der Waals surface area contributed by atoms with Gasteiger partial charge in [-0.15, -0.1) is 11.8 Å². The van der Waals surface area contributed by atoms with Crippen LogP contribution in [0.4, 0.5) is 0 Å². The van der Waals surface area contributed by atoms with Gasteiger partial charge in [-0.05, 0) is 35.4 Å². The largest absolute Gasteiger partial charge is 0.376 e. The Morgan fingerprint density at radius 3 is 2.25 bits per heavy atom. The van der Waals surface area contributed by atoms with E-state index < -0.39 is 0 Å².